The highest BCUT2D eigenvalue weighted by atomic mass is 16.5. The Bertz CT molecular complexity index is 359. The summed E-state index contributed by atoms with van der Waals surface area (Å²) in [5, 5.41) is 2.87. The molecular formula is C13H22N2O3. The summed E-state index contributed by atoms with van der Waals surface area (Å²) in [5.74, 6) is 0.00162. The number of amides is 2. The average molecular weight is 254 g/mol. The molecule has 1 aliphatic heterocycles. The normalized spacial score (nSPS) is 25.6. The fraction of sp³-hybridized carbons (Fsp3) is 0.846. The number of rotatable bonds is 3. The van der Waals surface area contributed by atoms with Crippen molar-refractivity contribution in [3.05, 3.63) is 0 Å². The van der Waals surface area contributed by atoms with E-state index in [4.69, 9.17) is 4.74 Å². The van der Waals surface area contributed by atoms with Gasteiger partial charge in [0.2, 0.25) is 11.8 Å². The summed E-state index contributed by atoms with van der Waals surface area (Å²) in [5.41, 5.74) is -1.43. The molecule has 1 spiro atoms. The minimum Gasteiger partial charge on any atom is -0.383 e. The molecule has 1 saturated heterocycles. The van der Waals surface area contributed by atoms with Crippen molar-refractivity contribution >= 4 is 11.8 Å². The lowest BCUT2D eigenvalue weighted by Gasteiger charge is -2.49. The van der Waals surface area contributed by atoms with Crippen LogP contribution in [-0.4, -0.2) is 48.1 Å². The van der Waals surface area contributed by atoms with E-state index in [9.17, 15) is 9.59 Å². The second-order valence-electron chi connectivity index (χ2n) is 5.77. The molecule has 0 unspecified atom stereocenters. The van der Waals surface area contributed by atoms with Crippen LogP contribution in [0.1, 0.15) is 39.5 Å². The standard InChI is InChI=1S/C13H22N2O3/c1-12(2)11(17)15(8-9-18-3)13(10(16)14-12)6-4-5-7-13/h4-9H2,1-3H3,(H,14,16). The SMILES string of the molecule is COCCN1C(=O)C(C)(C)NC(=O)C12CCCC2. The minimum atomic E-state index is -0.807. The Balaban J connectivity index is 2.31. The van der Waals surface area contributed by atoms with Gasteiger partial charge in [-0.05, 0) is 26.7 Å². The number of carbonyl (C=O) groups excluding carboxylic acids is 2. The molecule has 1 saturated carbocycles. The first-order valence-corrected chi connectivity index (χ1v) is 6.58. The van der Waals surface area contributed by atoms with E-state index in [1.807, 2.05) is 0 Å². The Morgan fingerprint density at radius 1 is 1.28 bits per heavy atom. The zero-order valence-corrected chi connectivity index (χ0v) is 11.4. The van der Waals surface area contributed by atoms with Gasteiger partial charge in [-0.2, -0.15) is 0 Å². The number of nitrogens with one attached hydrogen (secondary N) is 1. The van der Waals surface area contributed by atoms with Crippen molar-refractivity contribution in [2.45, 2.75) is 50.6 Å². The predicted octanol–water partition coefficient (Wildman–Crippen LogP) is 0.683. The summed E-state index contributed by atoms with van der Waals surface area (Å²) in [6.07, 6.45) is 3.55. The molecule has 0 atom stereocenters. The summed E-state index contributed by atoms with van der Waals surface area (Å²) in [4.78, 5) is 26.7. The number of hydrogen-bond donors (Lipinski definition) is 1. The molecule has 2 aliphatic rings. The second-order valence-corrected chi connectivity index (χ2v) is 5.77. The van der Waals surface area contributed by atoms with Crippen LogP contribution >= 0.6 is 0 Å². The fourth-order valence-electron chi connectivity index (χ4n) is 3.06. The number of carbonyl (C=O) groups is 2. The van der Waals surface area contributed by atoms with Gasteiger partial charge in [-0.25, -0.2) is 0 Å². The first-order chi connectivity index (χ1) is 8.44. The lowest BCUT2D eigenvalue weighted by Crippen LogP contribution is -2.73. The number of hydrogen-bond acceptors (Lipinski definition) is 3. The van der Waals surface area contributed by atoms with Gasteiger partial charge in [-0.1, -0.05) is 12.8 Å². The van der Waals surface area contributed by atoms with Gasteiger partial charge in [-0.15, -0.1) is 0 Å². The number of piperazine rings is 1. The molecule has 0 aromatic carbocycles. The highest BCUT2D eigenvalue weighted by Crippen LogP contribution is 2.39. The van der Waals surface area contributed by atoms with Crippen molar-refractivity contribution in [2.75, 3.05) is 20.3 Å². The van der Waals surface area contributed by atoms with Crippen molar-refractivity contribution in [1.29, 1.82) is 0 Å². The van der Waals surface area contributed by atoms with Gasteiger partial charge in [0.1, 0.15) is 11.1 Å². The Morgan fingerprint density at radius 3 is 2.44 bits per heavy atom. The molecule has 2 amide bonds. The van der Waals surface area contributed by atoms with Gasteiger partial charge >= 0.3 is 0 Å². The topological polar surface area (TPSA) is 58.6 Å². The Labute approximate surface area is 108 Å². The van der Waals surface area contributed by atoms with Crippen LogP contribution < -0.4 is 5.32 Å². The average Bonchev–Trinajstić information content (AvgIpc) is 2.77. The van der Waals surface area contributed by atoms with Crippen molar-refractivity contribution < 1.29 is 14.3 Å². The van der Waals surface area contributed by atoms with Gasteiger partial charge in [-0.3, -0.25) is 9.59 Å². The van der Waals surface area contributed by atoms with Crippen LogP contribution in [0.2, 0.25) is 0 Å². The smallest absolute Gasteiger partial charge is 0.248 e. The van der Waals surface area contributed by atoms with Crippen LogP contribution in [0.4, 0.5) is 0 Å². The Kier molecular flexibility index (Phi) is 3.36. The fourth-order valence-corrected chi connectivity index (χ4v) is 3.06. The lowest BCUT2D eigenvalue weighted by molar-refractivity contribution is -0.162. The van der Waals surface area contributed by atoms with Gasteiger partial charge in [0.25, 0.3) is 0 Å². The zero-order valence-electron chi connectivity index (χ0n) is 11.4. The summed E-state index contributed by atoms with van der Waals surface area (Å²) in [6, 6.07) is 0. The van der Waals surface area contributed by atoms with E-state index in [1.165, 1.54) is 0 Å². The molecule has 1 aliphatic carbocycles. The van der Waals surface area contributed by atoms with Crippen molar-refractivity contribution in [3.63, 3.8) is 0 Å². The number of ether oxygens (including phenoxy) is 1. The highest BCUT2D eigenvalue weighted by molar-refractivity contribution is 6.02. The molecule has 0 bridgehead atoms. The third-order valence-electron chi connectivity index (χ3n) is 4.09. The summed E-state index contributed by atoms with van der Waals surface area (Å²) in [7, 11) is 1.61. The lowest BCUT2D eigenvalue weighted by atomic mass is 9.85. The van der Waals surface area contributed by atoms with E-state index in [0.29, 0.717) is 13.2 Å². The molecule has 0 aromatic rings. The molecular weight excluding hydrogens is 232 g/mol. The van der Waals surface area contributed by atoms with Gasteiger partial charge in [0, 0.05) is 13.7 Å². The molecule has 1 N–H and O–H groups in total. The van der Waals surface area contributed by atoms with Crippen LogP contribution in [0.15, 0.2) is 0 Å². The van der Waals surface area contributed by atoms with E-state index >= 15 is 0 Å². The maximum atomic E-state index is 12.5. The van der Waals surface area contributed by atoms with Crippen LogP contribution in [0.25, 0.3) is 0 Å². The monoisotopic (exact) mass is 254 g/mol. The Hall–Kier alpha value is -1.10. The summed E-state index contributed by atoms with van der Waals surface area (Å²) >= 11 is 0. The van der Waals surface area contributed by atoms with Crippen LogP contribution in [0, 0.1) is 0 Å². The quantitative estimate of drug-likeness (QED) is 0.806. The molecule has 1 heterocycles. The van der Waals surface area contributed by atoms with Gasteiger partial charge in [0.05, 0.1) is 6.61 Å². The van der Waals surface area contributed by atoms with Crippen molar-refractivity contribution in [3.8, 4) is 0 Å². The summed E-state index contributed by atoms with van der Waals surface area (Å²) < 4.78 is 5.07. The first kappa shape index (κ1) is 13.3. The molecule has 0 aromatic heterocycles. The maximum absolute atomic E-state index is 12.5. The molecule has 5 heteroatoms. The number of nitrogens with zero attached hydrogens (tertiary/aromatic N) is 1. The highest BCUT2D eigenvalue weighted by Gasteiger charge is 2.55. The maximum Gasteiger partial charge on any atom is 0.248 e. The minimum absolute atomic E-state index is 0.000651. The molecule has 18 heavy (non-hydrogen) atoms. The first-order valence-electron chi connectivity index (χ1n) is 6.58. The third-order valence-corrected chi connectivity index (χ3v) is 4.09. The van der Waals surface area contributed by atoms with E-state index in [-0.39, 0.29) is 11.8 Å². The van der Waals surface area contributed by atoms with Crippen LogP contribution in [-0.2, 0) is 14.3 Å². The zero-order chi connectivity index (χ0) is 13.4. The molecule has 2 rings (SSSR count). The van der Waals surface area contributed by atoms with Crippen LogP contribution in [0.3, 0.4) is 0 Å². The third kappa shape index (κ3) is 1.90. The van der Waals surface area contributed by atoms with Crippen molar-refractivity contribution in [1.82, 2.24) is 10.2 Å². The molecule has 0 radical (unpaired) electrons. The van der Waals surface area contributed by atoms with E-state index < -0.39 is 11.1 Å². The van der Waals surface area contributed by atoms with Gasteiger partial charge < -0.3 is 15.0 Å². The molecule has 102 valence electrons. The van der Waals surface area contributed by atoms with E-state index in [2.05, 4.69) is 5.32 Å². The summed E-state index contributed by atoms with van der Waals surface area (Å²) in [6.45, 7) is 4.48. The van der Waals surface area contributed by atoms with E-state index in [1.54, 1.807) is 25.9 Å². The van der Waals surface area contributed by atoms with Gasteiger partial charge in [0.15, 0.2) is 0 Å². The predicted molar refractivity (Wildman–Crippen MR) is 67.0 cm³/mol. The largest absolute Gasteiger partial charge is 0.383 e. The number of methoxy groups -OCH3 is 1. The molecule has 5 nitrogen and oxygen atoms in total. The molecule has 2 fully saturated rings. The van der Waals surface area contributed by atoms with Crippen molar-refractivity contribution in [2.24, 2.45) is 0 Å². The second kappa shape index (κ2) is 4.53. The van der Waals surface area contributed by atoms with E-state index in [0.717, 1.165) is 25.7 Å². The van der Waals surface area contributed by atoms with Crippen LogP contribution in [0.5, 0.6) is 0 Å². The Morgan fingerprint density at radius 2 is 1.89 bits per heavy atom.